The molecule has 0 amide bonds. The molecule has 11 heteroatoms. The van der Waals surface area contributed by atoms with E-state index < -0.39 is 33.6 Å². The van der Waals surface area contributed by atoms with Gasteiger partial charge in [0.1, 0.15) is 11.4 Å². The minimum atomic E-state index is -2.68. The lowest BCUT2D eigenvalue weighted by Crippen LogP contribution is -2.65. The summed E-state index contributed by atoms with van der Waals surface area (Å²) >= 11 is 0. The zero-order valence-corrected chi connectivity index (χ0v) is 28.0. The molecule has 40 heavy (non-hydrogen) atoms. The van der Waals surface area contributed by atoms with Crippen LogP contribution in [0.3, 0.4) is 0 Å². The number of fused-ring (bicyclic) bond motifs is 1. The van der Waals surface area contributed by atoms with Crippen molar-refractivity contribution in [2.75, 3.05) is 24.5 Å². The van der Waals surface area contributed by atoms with E-state index in [1.165, 1.54) is 0 Å². The molecular formula is C29H46F2N6OSi2. The fourth-order valence-corrected chi connectivity index (χ4v) is 9.21. The molecule has 1 saturated heterocycles. The molecule has 0 saturated carbocycles. The summed E-state index contributed by atoms with van der Waals surface area (Å²) in [5.41, 5.74) is 0.490. The van der Waals surface area contributed by atoms with Gasteiger partial charge in [-0.3, -0.25) is 5.10 Å². The van der Waals surface area contributed by atoms with Gasteiger partial charge >= 0.3 is 0 Å². The summed E-state index contributed by atoms with van der Waals surface area (Å²) < 4.78 is 40.1. The predicted molar refractivity (Wildman–Crippen MR) is 166 cm³/mol. The molecule has 0 spiro atoms. The fourth-order valence-electron chi connectivity index (χ4n) is 5.43. The first-order valence-electron chi connectivity index (χ1n) is 14.3. The smallest absolute Gasteiger partial charge is 0.184 e. The topological polar surface area (TPSA) is 79.0 Å². The van der Waals surface area contributed by atoms with E-state index >= 15 is 8.78 Å². The van der Waals surface area contributed by atoms with Crippen LogP contribution in [0.4, 0.5) is 14.6 Å². The van der Waals surface area contributed by atoms with Gasteiger partial charge < -0.3 is 14.6 Å². The third-order valence-corrected chi connectivity index (χ3v) is 15.5. The fraction of sp³-hybridized carbons (Fsp3) is 0.621. The van der Waals surface area contributed by atoms with E-state index in [9.17, 15) is 0 Å². The van der Waals surface area contributed by atoms with Crippen LogP contribution in [0, 0.1) is 17.6 Å². The van der Waals surface area contributed by atoms with Gasteiger partial charge in [-0.2, -0.15) is 5.10 Å². The van der Waals surface area contributed by atoms with Crippen molar-refractivity contribution in [2.24, 2.45) is 5.92 Å². The number of pyridine rings is 2. The molecule has 7 nitrogen and oxygen atoms in total. The molecule has 4 heterocycles. The third-order valence-electron chi connectivity index (χ3n) is 8.96. The van der Waals surface area contributed by atoms with Gasteiger partial charge in [0.25, 0.3) is 0 Å². The van der Waals surface area contributed by atoms with Crippen LogP contribution in [-0.2, 0) is 4.43 Å². The van der Waals surface area contributed by atoms with Crippen LogP contribution in [0.1, 0.15) is 41.5 Å². The standard InChI is InChI=1S/C29H46F2N6OSi2/c1-18(2)29(6,38-39(7,8)9)20-17-37(16-15-32-20)27-22(31)25(40(10,11)28(3,4)5)21(30)24(34-27)23-19-13-12-14-33-26(19)36-35-23/h12-14,18,20,32H,15-17H2,1-11H3,(H,33,35,36)/t20-,29+/m0/s1. The molecule has 1 fully saturated rings. The number of nitrogens with zero attached hydrogens (tertiary/aromatic N) is 4. The molecule has 220 valence electrons. The van der Waals surface area contributed by atoms with Gasteiger partial charge in [-0.1, -0.05) is 47.7 Å². The molecule has 0 radical (unpaired) electrons. The molecule has 0 unspecified atom stereocenters. The molecule has 0 aromatic carbocycles. The maximum absolute atomic E-state index is 16.7. The second-order valence-electron chi connectivity index (χ2n) is 14.1. The average molecular weight is 589 g/mol. The number of hydrogen-bond acceptors (Lipinski definition) is 6. The number of hydrogen-bond donors (Lipinski definition) is 2. The first kappa shape index (κ1) is 30.7. The Hall–Kier alpha value is -2.22. The van der Waals surface area contributed by atoms with Gasteiger partial charge in [-0.05, 0) is 49.7 Å². The highest BCUT2D eigenvalue weighted by atomic mass is 28.4. The number of H-pyrrole nitrogens is 1. The van der Waals surface area contributed by atoms with Crippen LogP contribution in [0.25, 0.3) is 22.4 Å². The highest BCUT2D eigenvalue weighted by Gasteiger charge is 2.46. The normalized spacial score (nSPS) is 18.9. The number of anilines is 1. The number of aromatic amines is 1. The van der Waals surface area contributed by atoms with Crippen molar-refractivity contribution in [3.63, 3.8) is 0 Å². The Morgan fingerprint density at radius 2 is 1.73 bits per heavy atom. The Kier molecular flexibility index (Phi) is 8.11. The van der Waals surface area contributed by atoms with Crippen molar-refractivity contribution in [2.45, 2.75) is 91.0 Å². The van der Waals surface area contributed by atoms with Crippen molar-refractivity contribution in [1.29, 1.82) is 0 Å². The maximum Gasteiger partial charge on any atom is 0.184 e. The molecule has 2 N–H and O–H groups in total. The van der Waals surface area contributed by atoms with Gasteiger partial charge in [-0.15, -0.1) is 0 Å². The van der Waals surface area contributed by atoms with Gasteiger partial charge in [0.15, 0.2) is 31.4 Å². The number of piperazine rings is 1. The number of aromatic nitrogens is 4. The minimum Gasteiger partial charge on any atom is -0.411 e. The predicted octanol–water partition coefficient (Wildman–Crippen LogP) is 6.06. The van der Waals surface area contributed by atoms with Crippen molar-refractivity contribution in [3.8, 4) is 11.4 Å². The Morgan fingerprint density at radius 3 is 2.33 bits per heavy atom. The Labute approximate surface area is 239 Å². The highest BCUT2D eigenvalue weighted by Crippen LogP contribution is 2.40. The zero-order chi connectivity index (χ0) is 29.8. The molecule has 1 aliphatic heterocycles. The number of nitrogens with one attached hydrogen (secondary N) is 2. The lowest BCUT2D eigenvalue weighted by Gasteiger charge is -2.49. The van der Waals surface area contributed by atoms with Crippen LogP contribution in [-0.4, -0.2) is 67.8 Å². The molecule has 0 aliphatic carbocycles. The molecule has 1 aliphatic rings. The molecular weight excluding hydrogens is 543 g/mol. The number of halogens is 2. The van der Waals surface area contributed by atoms with E-state index in [4.69, 9.17) is 9.41 Å². The Balaban J connectivity index is 1.91. The summed E-state index contributed by atoms with van der Waals surface area (Å²) in [7, 11) is -4.58. The summed E-state index contributed by atoms with van der Waals surface area (Å²) in [5, 5.41) is 11.5. The van der Waals surface area contributed by atoms with E-state index in [1.54, 1.807) is 12.3 Å². The lowest BCUT2D eigenvalue weighted by atomic mass is 9.84. The van der Waals surface area contributed by atoms with E-state index in [1.807, 2.05) is 24.1 Å². The largest absolute Gasteiger partial charge is 0.411 e. The zero-order valence-electron chi connectivity index (χ0n) is 26.0. The van der Waals surface area contributed by atoms with Gasteiger partial charge in [-0.25, -0.2) is 18.7 Å². The summed E-state index contributed by atoms with van der Waals surface area (Å²) in [5.74, 6) is -0.763. The molecule has 3 aromatic rings. The van der Waals surface area contributed by atoms with Gasteiger partial charge in [0.2, 0.25) is 0 Å². The monoisotopic (exact) mass is 588 g/mol. The van der Waals surface area contributed by atoms with Gasteiger partial charge in [0.05, 0.1) is 19.7 Å². The van der Waals surface area contributed by atoms with Crippen LogP contribution in [0.2, 0.25) is 37.8 Å². The second kappa shape index (κ2) is 10.6. The first-order chi connectivity index (χ1) is 18.4. The van der Waals surface area contributed by atoms with Crippen LogP contribution >= 0.6 is 0 Å². The van der Waals surface area contributed by atoms with E-state index in [2.05, 4.69) is 81.7 Å². The van der Waals surface area contributed by atoms with Crippen molar-refractivity contribution in [3.05, 3.63) is 30.0 Å². The summed E-state index contributed by atoms with van der Waals surface area (Å²) in [6, 6.07) is 3.55. The van der Waals surface area contributed by atoms with Crippen LogP contribution in [0.15, 0.2) is 18.3 Å². The van der Waals surface area contributed by atoms with E-state index in [0.717, 1.165) is 0 Å². The molecule has 4 rings (SSSR count). The quantitative estimate of drug-likeness (QED) is 0.327. The number of rotatable bonds is 7. The molecule has 0 bridgehead atoms. The SMILES string of the molecule is CC(C)[C@@](C)(O[Si](C)(C)C)[C@@H]1CN(c2nc(-c3n[nH]c4ncccc34)c(F)c([Si](C)(C)C(C)(C)C)c2F)CCN1. The minimum absolute atomic E-state index is 0.0607. The Bertz CT molecular complexity index is 1380. The maximum atomic E-state index is 16.7. The third kappa shape index (κ3) is 5.49. The first-order valence-corrected chi connectivity index (χ1v) is 20.7. The Morgan fingerprint density at radius 1 is 1.05 bits per heavy atom. The van der Waals surface area contributed by atoms with Crippen molar-refractivity contribution in [1.82, 2.24) is 25.5 Å². The average Bonchev–Trinajstić information content (AvgIpc) is 3.26. The molecule has 3 aromatic heterocycles. The van der Waals surface area contributed by atoms with Crippen molar-refractivity contribution < 1.29 is 13.2 Å². The van der Waals surface area contributed by atoms with Crippen molar-refractivity contribution >= 4 is 38.4 Å². The summed E-state index contributed by atoms with van der Waals surface area (Å²) in [6.45, 7) is 25.0. The highest BCUT2D eigenvalue weighted by molar-refractivity contribution is 6.92. The summed E-state index contributed by atoms with van der Waals surface area (Å²) in [6.07, 6.45) is 1.65. The van der Waals surface area contributed by atoms with Gasteiger partial charge in [0, 0.05) is 36.4 Å². The summed E-state index contributed by atoms with van der Waals surface area (Å²) in [4.78, 5) is 11.0. The van der Waals surface area contributed by atoms with Crippen LogP contribution in [0.5, 0.6) is 0 Å². The van der Waals surface area contributed by atoms with E-state index in [0.29, 0.717) is 36.4 Å². The second-order valence-corrected chi connectivity index (χ2v) is 23.8. The lowest BCUT2D eigenvalue weighted by molar-refractivity contribution is -0.00565. The van der Waals surface area contributed by atoms with E-state index in [-0.39, 0.29) is 33.7 Å². The molecule has 2 atom stereocenters. The van der Waals surface area contributed by atoms with Crippen LogP contribution < -0.4 is 15.4 Å².